The molecule has 1 heterocycles. The van der Waals surface area contributed by atoms with E-state index >= 15 is 0 Å². The van der Waals surface area contributed by atoms with Crippen molar-refractivity contribution in [1.82, 2.24) is 4.90 Å². The molecule has 0 radical (unpaired) electrons. The van der Waals surface area contributed by atoms with Crippen LogP contribution in [0.3, 0.4) is 0 Å². The Morgan fingerprint density at radius 1 is 1.20 bits per heavy atom. The molecule has 20 heavy (non-hydrogen) atoms. The maximum Gasteiger partial charge on any atom is 0.335 e. The van der Waals surface area contributed by atoms with Crippen LogP contribution in [0.4, 0.5) is 14.5 Å². The fraction of sp³-hybridized carbons (Fsp3) is 0.500. The second-order valence-corrected chi connectivity index (χ2v) is 5.36. The Morgan fingerprint density at radius 2 is 1.65 bits per heavy atom. The molecule has 1 aliphatic rings. The van der Waals surface area contributed by atoms with Gasteiger partial charge < -0.3 is 10.0 Å². The number of likely N-dealkylation sites (N-methyl/N-ethyl adjacent to an activating group) is 1. The molecule has 1 aromatic carbocycles. The molecule has 0 bridgehead atoms. The van der Waals surface area contributed by atoms with E-state index in [0.717, 1.165) is 12.1 Å². The van der Waals surface area contributed by atoms with E-state index in [1.54, 1.807) is 4.90 Å². The van der Waals surface area contributed by atoms with Crippen LogP contribution < -0.4 is 4.90 Å². The zero-order chi connectivity index (χ0) is 15.0. The first-order chi connectivity index (χ1) is 9.31. The number of carboxylic acid groups (broad SMARTS) is 1. The van der Waals surface area contributed by atoms with Gasteiger partial charge in [0.25, 0.3) is 0 Å². The molecule has 0 aromatic heterocycles. The highest BCUT2D eigenvalue weighted by Crippen LogP contribution is 2.28. The van der Waals surface area contributed by atoms with Crippen LogP contribution in [0.2, 0.25) is 0 Å². The maximum absolute atomic E-state index is 14.0. The van der Waals surface area contributed by atoms with Crippen LogP contribution in [-0.2, 0) is 0 Å². The number of carbonyl (C=O) groups is 1. The lowest BCUT2D eigenvalue weighted by atomic mass is 10.1. The van der Waals surface area contributed by atoms with Gasteiger partial charge in [0.15, 0.2) is 0 Å². The number of benzene rings is 1. The molecule has 4 nitrogen and oxygen atoms in total. The van der Waals surface area contributed by atoms with Gasteiger partial charge in [-0.15, -0.1) is 0 Å². The summed E-state index contributed by atoms with van der Waals surface area (Å²) in [4.78, 5) is 14.6. The third-order valence-electron chi connectivity index (χ3n) is 3.94. The highest BCUT2D eigenvalue weighted by atomic mass is 19.1. The lowest BCUT2D eigenvalue weighted by Crippen LogP contribution is -2.55. The summed E-state index contributed by atoms with van der Waals surface area (Å²) in [6.07, 6.45) is 0. The molecule has 1 N–H and O–H groups in total. The quantitative estimate of drug-likeness (QED) is 0.904. The number of carboxylic acids is 1. The first kappa shape index (κ1) is 14.7. The smallest absolute Gasteiger partial charge is 0.335 e. The molecule has 1 saturated heterocycles. The zero-order valence-electron chi connectivity index (χ0n) is 11.7. The van der Waals surface area contributed by atoms with Crippen molar-refractivity contribution in [2.45, 2.75) is 25.9 Å². The van der Waals surface area contributed by atoms with Crippen LogP contribution in [0.5, 0.6) is 0 Å². The third kappa shape index (κ3) is 2.60. The summed E-state index contributed by atoms with van der Waals surface area (Å²) in [6, 6.07) is 2.07. The molecule has 1 aliphatic heterocycles. The minimum atomic E-state index is -1.34. The zero-order valence-corrected chi connectivity index (χ0v) is 11.7. The minimum absolute atomic E-state index is 0.137. The fourth-order valence-electron chi connectivity index (χ4n) is 2.58. The normalized spacial score (nSPS) is 23.9. The van der Waals surface area contributed by atoms with E-state index in [1.165, 1.54) is 0 Å². The Hall–Kier alpha value is -1.69. The molecule has 2 rings (SSSR count). The van der Waals surface area contributed by atoms with Crippen molar-refractivity contribution in [2.24, 2.45) is 0 Å². The molecule has 0 aliphatic carbocycles. The van der Waals surface area contributed by atoms with Gasteiger partial charge in [0.2, 0.25) is 0 Å². The van der Waals surface area contributed by atoms with Crippen molar-refractivity contribution in [3.05, 3.63) is 29.3 Å². The van der Waals surface area contributed by atoms with Crippen LogP contribution >= 0.6 is 0 Å². The number of anilines is 1. The van der Waals surface area contributed by atoms with E-state index in [9.17, 15) is 13.6 Å². The van der Waals surface area contributed by atoms with E-state index in [1.807, 2.05) is 20.9 Å². The second-order valence-electron chi connectivity index (χ2n) is 5.36. The van der Waals surface area contributed by atoms with Gasteiger partial charge >= 0.3 is 5.97 Å². The lowest BCUT2D eigenvalue weighted by molar-refractivity contribution is 0.0695. The van der Waals surface area contributed by atoms with Crippen LogP contribution in [0, 0.1) is 11.6 Å². The standard InChI is InChI=1S/C14H18F2N2O2/c1-8-6-18(7-9(2)17(8)3)13-11(15)4-10(14(19)20)5-12(13)16/h4-5,8-9H,6-7H2,1-3H3,(H,19,20). The maximum atomic E-state index is 14.0. The van der Waals surface area contributed by atoms with Crippen molar-refractivity contribution < 1.29 is 18.7 Å². The van der Waals surface area contributed by atoms with E-state index in [2.05, 4.69) is 4.90 Å². The predicted molar refractivity (Wildman–Crippen MR) is 72.2 cm³/mol. The molecule has 1 aromatic rings. The molecule has 0 amide bonds. The first-order valence-corrected chi connectivity index (χ1v) is 6.50. The van der Waals surface area contributed by atoms with Crippen molar-refractivity contribution in [1.29, 1.82) is 0 Å². The van der Waals surface area contributed by atoms with E-state index in [0.29, 0.717) is 13.1 Å². The number of nitrogens with zero attached hydrogens (tertiary/aromatic N) is 2. The van der Waals surface area contributed by atoms with Gasteiger partial charge in [-0.2, -0.15) is 0 Å². The second kappa shape index (κ2) is 5.36. The monoisotopic (exact) mass is 284 g/mol. The highest BCUT2D eigenvalue weighted by molar-refractivity contribution is 5.88. The van der Waals surface area contributed by atoms with Crippen molar-refractivity contribution >= 4 is 11.7 Å². The molecule has 0 saturated carbocycles. The Kier molecular flexibility index (Phi) is 3.94. The number of hydrogen-bond acceptors (Lipinski definition) is 3. The summed E-state index contributed by atoms with van der Waals surface area (Å²) in [6.45, 7) is 4.98. The van der Waals surface area contributed by atoms with Gasteiger partial charge in [-0.3, -0.25) is 4.90 Å². The van der Waals surface area contributed by atoms with Gasteiger partial charge in [0, 0.05) is 25.2 Å². The Labute approximate surface area is 116 Å². The number of aromatic carboxylic acids is 1. The minimum Gasteiger partial charge on any atom is -0.478 e. The van der Waals surface area contributed by atoms with Crippen LogP contribution in [0.15, 0.2) is 12.1 Å². The fourth-order valence-corrected chi connectivity index (χ4v) is 2.58. The average molecular weight is 284 g/mol. The number of piperazine rings is 1. The van der Waals surface area contributed by atoms with E-state index in [4.69, 9.17) is 5.11 Å². The summed E-state index contributed by atoms with van der Waals surface area (Å²) < 4.78 is 28.1. The number of rotatable bonds is 2. The van der Waals surface area contributed by atoms with Gasteiger partial charge in [0.1, 0.15) is 17.3 Å². The molecular formula is C14H18F2N2O2. The SMILES string of the molecule is CC1CN(c2c(F)cc(C(=O)O)cc2F)CC(C)N1C. The van der Waals surface area contributed by atoms with Gasteiger partial charge in [-0.05, 0) is 33.0 Å². The van der Waals surface area contributed by atoms with E-state index in [-0.39, 0.29) is 23.3 Å². The lowest BCUT2D eigenvalue weighted by Gasteiger charge is -2.43. The van der Waals surface area contributed by atoms with Crippen LogP contribution in [0.25, 0.3) is 0 Å². The van der Waals surface area contributed by atoms with Crippen LogP contribution in [0.1, 0.15) is 24.2 Å². The molecule has 6 heteroatoms. The Morgan fingerprint density at radius 3 is 2.05 bits per heavy atom. The molecule has 110 valence electrons. The Bertz CT molecular complexity index is 501. The van der Waals surface area contributed by atoms with Crippen LogP contribution in [-0.4, -0.2) is 48.2 Å². The number of hydrogen-bond donors (Lipinski definition) is 1. The van der Waals surface area contributed by atoms with Gasteiger partial charge in [-0.1, -0.05) is 0 Å². The number of halogens is 2. The summed E-state index contributed by atoms with van der Waals surface area (Å²) in [5, 5.41) is 8.80. The summed E-state index contributed by atoms with van der Waals surface area (Å²) in [5.41, 5.74) is -0.513. The topological polar surface area (TPSA) is 43.8 Å². The summed E-state index contributed by atoms with van der Waals surface area (Å²) in [7, 11) is 1.98. The van der Waals surface area contributed by atoms with Crippen molar-refractivity contribution in [3.63, 3.8) is 0 Å². The molecular weight excluding hydrogens is 266 g/mol. The summed E-state index contributed by atoms with van der Waals surface area (Å²) >= 11 is 0. The first-order valence-electron chi connectivity index (χ1n) is 6.50. The van der Waals surface area contributed by atoms with E-state index < -0.39 is 17.6 Å². The average Bonchev–Trinajstić information content (AvgIpc) is 2.34. The predicted octanol–water partition coefficient (Wildman–Crippen LogP) is 2.19. The van der Waals surface area contributed by atoms with Crippen molar-refractivity contribution in [2.75, 3.05) is 25.0 Å². The summed E-state index contributed by atoms with van der Waals surface area (Å²) in [5.74, 6) is -2.99. The molecule has 2 atom stereocenters. The van der Waals surface area contributed by atoms with Gasteiger partial charge in [0.05, 0.1) is 5.56 Å². The highest BCUT2D eigenvalue weighted by Gasteiger charge is 2.30. The van der Waals surface area contributed by atoms with Crippen molar-refractivity contribution in [3.8, 4) is 0 Å². The molecule has 2 unspecified atom stereocenters. The van der Waals surface area contributed by atoms with Gasteiger partial charge in [-0.25, -0.2) is 13.6 Å². The molecule has 0 spiro atoms. The largest absolute Gasteiger partial charge is 0.478 e. The molecule has 1 fully saturated rings. The Balaban J connectivity index is 2.36. The third-order valence-corrected chi connectivity index (χ3v) is 3.94.